The van der Waals surface area contributed by atoms with Gasteiger partial charge in [-0.2, -0.15) is 4.98 Å². The number of rotatable bonds is 18. The van der Waals surface area contributed by atoms with Crippen molar-refractivity contribution in [3.8, 4) is 11.5 Å². The van der Waals surface area contributed by atoms with Crippen LogP contribution in [0.15, 0.2) is 53.5 Å². The van der Waals surface area contributed by atoms with Gasteiger partial charge in [0.2, 0.25) is 17.8 Å². The molecule has 0 aliphatic carbocycles. The minimum atomic E-state index is -0.655. The van der Waals surface area contributed by atoms with Crippen LogP contribution in [0.5, 0.6) is 11.5 Å². The standard InChI is InChI=1S/C41H47ClN8O10/c1-43-36(52)24-60-34-21-25-19-27(3-6-32(25)48(2)40(34)55)45-37-31(42)22-44-41(47-37)49-11-9-28(10-12-49)58-17-15-56-13-14-57-16-18-59-29-4-5-30-26(20-29)23-50(39(30)54)33-7-8-35(51)46-38(33)53/h3-6,19-22,28,33H,7-18,23-24H2,1-2H3,(H,43,52)(H,44,45,47)(H,46,51,53). The number of amides is 4. The predicted octanol–water partition coefficient (Wildman–Crippen LogP) is 2.71. The lowest BCUT2D eigenvalue weighted by Crippen LogP contribution is -2.52. The Balaban J connectivity index is 0.775. The van der Waals surface area contributed by atoms with E-state index in [1.54, 1.807) is 37.5 Å². The average Bonchev–Trinajstić information content (AvgIpc) is 3.57. The van der Waals surface area contributed by atoms with Crippen molar-refractivity contribution in [3.05, 3.63) is 75.2 Å². The van der Waals surface area contributed by atoms with E-state index >= 15 is 0 Å². The Kier molecular flexibility index (Phi) is 13.7. The zero-order valence-electron chi connectivity index (χ0n) is 33.4. The van der Waals surface area contributed by atoms with Gasteiger partial charge in [0.15, 0.2) is 18.2 Å². The van der Waals surface area contributed by atoms with Crippen LogP contribution < -0.4 is 35.9 Å². The number of anilines is 3. The number of fused-ring (bicyclic) bond motifs is 2. The number of piperidine rings is 2. The van der Waals surface area contributed by atoms with Gasteiger partial charge < -0.3 is 48.7 Å². The van der Waals surface area contributed by atoms with E-state index in [0.717, 1.165) is 23.8 Å². The molecule has 60 heavy (non-hydrogen) atoms. The monoisotopic (exact) mass is 846 g/mol. The van der Waals surface area contributed by atoms with E-state index in [4.69, 9.17) is 40.3 Å². The van der Waals surface area contributed by atoms with Crippen LogP contribution in [0.1, 0.15) is 41.6 Å². The van der Waals surface area contributed by atoms with E-state index in [-0.39, 0.29) is 54.7 Å². The Labute approximate surface area is 350 Å². The summed E-state index contributed by atoms with van der Waals surface area (Å²) in [5, 5.41) is 9.12. The largest absolute Gasteiger partial charge is 0.491 e. The van der Waals surface area contributed by atoms with E-state index in [9.17, 15) is 24.0 Å². The van der Waals surface area contributed by atoms with Crippen molar-refractivity contribution in [1.82, 2.24) is 30.1 Å². The molecule has 2 fully saturated rings. The highest BCUT2D eigenvalue weighted by Gasteiger charge is 2.39. The Hall–Kier alpha value is -5.82. The normalized spacial score (nSPS) is 16.9. The van der Waals surface area contributed by atoms with Gasteiger partial charge in [-0.25, -0.2) is 4.98 Å². The Morgan fingerprint density at radius 2 is 1.70 bits per heavy atom. The molecule has 3 aliphatic rings. The number of aryl methyl sites for hydroxylation is 1. The SMILES string of the molecule is CNC(=O)COc1cc2cc(Nc3nc(N4CCC(OCCOCCOCCOc5ccc6c(c5)CN(C5CCC(=O)NC5=O)C6=O)CC4)ncc3Cl)ccc2n(C)c1=O. The molecule has 4 aromatic rings. The van der Waals surface area contributed by atoms with Crippen LogP contribution in [0.2, 0.25) is 5.02 Å². The highest BCUT2D eigenvalue weighted by atomic mass is 35.5. The van der Waals surface area contributed by atoms with Crippen molar-refractivity contribution >= 4 is 63.6 Å². The first-order valence-corrected chi connectivity index (χ1v) is 20.1. The van der Waals surface area contributed by atoms with Gasteiger partial charge in [-0.1, -0.05) is 11.6 Å². The molecule has 4 amide bonds. The van der Waals surface area contributed by atoms with Gasteiger partial charge in [-0.05, 0) is 67.3 Å². The van der Waals surface area contributed by atoms with Gasteiger partial charge >= 0.3 is 0 Å². The molecular weight excluding hydrogens is 800 g/mol. The second-order valence-electron chi connectivity index (χ2n) is 14.4. The number of halogens is 1. The summed E-state index contributed by atoms with van der Waals surface area (Å²) in [5.41, 5.74) is 2.35. The summed E-state index contributed by atoms with van der Waals surface area (Å²) in [6, 6.07) is 11.7. The summed E-state index contributed by atoms with van der Waals surface area (Å²) in [7, 11) is 3.14. The number of ether oxygens (including phenoxy) is 5. The van der Waals surface area contributed by atoms with Crippen LogP contribution in [0, 0.1) is 0 Å². The number of hydrogen-bond acceptors (Lipinski definition) is 14. The topological polar surface area (TPSA) is 205 Å². The first-order valence-electron chi connectivity index (χ1n) is 19.8. The minimum Gasteiger partial charge on any atom is -0.491 e. The van der Waals surface area contributed by atoms with E-state index in [2.05, 4.69) is 25.8 Å². The summed E-state index contributed by atoms with van der Waals surface area (Å²) >= 11 is 6.50. The van der Waals surface area contributed by atoms with Crippen LogP contribution in [0.4, 0.5) is 17.5 Å². The molecule has 1 atom stereocenters. The highest BCUT2D eigenvalue weighted by Crippen LogP contribution is 2.31. The number of benzene rings is 2. The highest BCUT2D eigenvalue weighted by molar-refractivity contribution is 6.33. The third-order valence-electron chi connectivity index (χ3n) is 10.5. The number of nitrogens with one attached hydrogen (secondary N) is 3. The molecule has 5 heterocycles. The Morgan fingerprint density at radius 1 is 0.933 bits per heavy atom. The lowest BCUT2D eigenvalue weighted by Gasteiger charge is -2.32. The van der Waals surface area contributed by atoms with Gasteiger partial charge in [0, 0.05) is 56.8 Å². The molecule has 2 saturated heterocycles. The molecule has 0 bridgehead atoms. The zero-order valence-corrected chi connectivity index (χ0v) is 34.1. The summed E-state index contributed by atoms with van der Waals surface area (Å²) in [4.78, 5) is 73.9. The maximum absolute atomic E-state index is 12.9. The van der Waals surface area contributed by atoms with Crippen molar-refractivity contribution in [2.75, 3.05) is 76.6 Å². The quantitative estimate of drug-likeness (QED) is 0.0974. The molecule has 7 rings (SSSR count). The molecule has 0 radical (unpaired) electrons. The van der Waals surface area contributed by atoms with Gasteiger partial charge in [0.1, 0.15) is 23.4 Å². The fourth-order valence-electron chi connectivity index (χ4n) is 7.26. The summed E-state index contributed by atoms with van der Waals surface area (Å²) in [6.07, 6.45) is 3.77. The second kappa shape index (κ2) is 19.5. The molecule has 3 N–H and O–H groups in total. The lowest BCUT2D eigenvalue weighted by molar-refractivity contribution is -0.137. The van der Waals surface area contributed by atoms with E-state index in [1.165, 1.54) is 16.5 Å². The molecule has 19 heteroatoms. The first kappa shape index (κ1) is 42.3. The molecule has 318 valence electrons. The van der Waals surface area contributed by atoms with E-state index in [1.807, 2.05) is 18.2 Å². The molecule has 2 aromatic carbocycles. The number of imide groups is 1. The number of carbonyl (C=O) groups is 4. The van der Waals surface area contributed by atoms with Crippen LogP contribution in [-0.2, 0) is 42.2 Å². The predicted molar refractivity (Wildman–Crippen MR) is 220 cm³/mol. The third kappa shape index (κ3) is 10.1. The zero-order chi connectivity index (χ0) is 42.2. The molecule has 3 aliphatic heterocycles. The minimum absolute atomic E-state index is 0.0665. The molecule has 1 unspecified atom stereocenters. The summed E-state index contributed by atoms with van der Waals surface area (Å²) in [5.74, 6) is 0.337. The maximum atomic E-state index is 12.9. The second-order valence-corrected chi connectivity index (χ2v) is 14.9. The van der Waals surface area contributed by atoms with Crippen molar-refractivity contribution in [1.29, 1.82) is 0 Å². The van der Waals surface area contributed by atoms with Gasteiger partial charge in [0.05, 0.1) is 50.9 Å². The Morgan fingerprint density at radius 3 is 2.47 bits per heavy atom. The van der Waals surface area contributed by atoms with Crippen LogP contribution in [0.3, 0.4) is 0 Å². The summed E-state index contributed by atoms with van der Waals surface area (Å²) in [6.45, 7) is 3.82. The van der Waals surface area contributed by atoms with Crippen molar-refractivity contribution in [3.63, 3.8) is 0 Å². The van der Waals surface area contributed by atoms with Crippen LogP contribution in [0.25, 0.3) is 10.9 Å². The number of likely N-dealkylation sites (N-methyl/N-ethyl adjacent to an activating group) is 1. The Bertz CT molecular complexity index is 2300. The number of aromatic nitrogens is 3. The molecular formula is C41H47ClN8O10. The molecule has 0 spiro atoms. The smallest absolute Gasteiger partial charge is 0.293 e. The fourth-order valence-corrected chi connectivity index (χ4v) is 7.40. The number of hydrogen-bond donors (Lipinski definition) is 3. The lowest BCUT2D eigenvalue weighted by atomic mass is 10.0. The number of nitrogens with zero attached hydrogens (tertiary/aromatic N) is 5. The van der Waals surface area contributed by atoms with Crippen LogP contribution in [-0.4, -0.2) is 122 Å². The van der Waals surface area contributed by atoms with Gasteiger partial charge in [-0.3, -0.25) is 29.3 Å². The molecule has 18 nitrogen and oxygen atoms in total. The van der Waals surface area contributed by atoms with Crippen molar-refractivity contribution in [2.45, 2.75) is 44.4 Å². The number of pyridine rings is 1. The van der Waals surface area contributed by atoms with E-state index in [0.29, 0.717) is 98.5 Å². The molecule has 2 aromatic heterocycles. The van der Waals surface area contributed by atoms with Crippen molar-refractivity contribution < 1.29 is 42.9 Å². The summed E-state index contributed by atoms with van der Waals surface area (Å²) < 4.78 is 30.2. The maximum Gasteiger partial charge on any atom is 0.293 e. The molecule has 0 saturated carbocycles. The first-order chi connectivity index (χ1) is 29.1. The van der Waals surface area contributed by atoms with E-state index < -0.39 is 11.9 Å². The fraction of sp³-hybridized carbons (Fsp3) is 0.439. The van der Waals surface area contributed by atoms with Crippen LogP contribution >= 0.6 is 11.6 Å². The van der Waals surface area contributed by atoms with Crippen molar-refractivity contribution in [2.24, 2.45) is 7.05 Å². The van der Waals surface area contributed by atoms with Gasteiger partial charge in [-0.15, -0.1) is 0 Å². The number of carbonyl (C=O) groups excluding carboxylic acids is 4. The average molecular weight is 847 g/mol. The van der Waals surface area contributed by atoms with Gasteiger partial charge in [0.25, 0.3) is 17.4 Å². The third-order valence-corrected chi connectivity index (χ3v) is 10.8.